The second-order valence-electron chi connectivity index (χ2n) is 4.66. The smallest absolute Gasteiger partial charge is 0.320 e. The zero-order valence-corrected chi connectivity index (χ0v) is 10.8. The molecule has 0 aromatic rings. The lowest BCUT2D eigenvalue weighted by Gasteiger charge is -2.35. The van der Waals surface area contributed by atoms with E-state index in [1.807, 2.05) is 20.8 Å². The molecule has 1 fully saturated rings. The van der Waals surface area contributed by atoms with Crippen LogP contribution in [0, 0.1) is 11.3 Å². The molecular weight excluding hydrogens is 218 g/mol. The Morgan fingerprint density at radius 3 is 2.35 bits per heavy atom. The summed E-state index contributed by atoms with van der Waals surface area (Å²) in [5.74, 6) is -0.165. The van der Waals surface area contributed by atoms with Crippen molar-refractivity contribution in [3.63, 3.8) is 0 Å². The van der Waals surface area contributed by atoms with Gasteiger partial charge in [0.2, 0.25) is 0 Å². The fourth-order valence-electron chi connectivity index (χ4n) is 1.87. The lowest BCUT2D eigenvalue weighted by Crippen LogP contribution is -2.50. The van der Waals surface area contributed by atoms with Crippen LogP contribution >= 0.6 is 0 Å². The van der Waals surface area contributed by atoms with Crippen molar-refractivity contribution >= 4 is 5.97 Å². The van der Waals surface area contributed by atoms with Crippen molar-refractivity contribution in [2.45, 2.75) is 32.9 Å². The Kier molecular flexibility index (Phi) is 5.39. The molecular formula is C12H21N3O2. The Hall–Kier alpha value is -1.12. The molecule has 0 bridgehead atoms. The summed E-state index contributed by atoms with van der Waals surface area (Å²) in [7, 11) is 0. The van der Waals surface area contributed by atoms with Gasteiger partial charge < -0.3 is 4.74 Å². The van der Waals surface area contributed by atoms with Crippen LogP contribution in [-0.2, 0) is 9.53 Å². The standard InChI is InChI=1S/C12H21N3O2/c1-10(2)17-12(16)9-14-4-6-15(7-5-14)11(3)8-13/h10-11H,4-7,9H2,1-3H3. The molecule has 0 amide bonds. The van der Waals surface area contributed by atoms with E-state index in [0.717, 1.165) is 26.2 Å². The monoisotopic (exact) mass is 239 g/mol. The summed E-state index contributed by atoms with van der Waals surface area (Å²) in [5, 5.41) is 8.82. The van der Waals surface area contributed by atoms with Gasteiger partial charge in [0.1, 0.15) is 0 Å². The van der Waals surface area contributed by atoms with Crippen LogP contribution in [-0.4, -0.2) is 60.6 Å². The van der Waals surface area contributed by atoms with E-state index < -0.39 is 0 Å². The SMILES string of the molecule is CC(C)OC(=O)CN1CCN(C(C)C#N)CC1. The molecule has 0 aromatic carbocycles. The number of nitrogens with zero attached hydrogens (tertiary/aromatic N) is 3. The highest BCUT2D eigenvalue weighted by molar-refractivity contribution is 5.71. The fourth-order valence-corrected chi connectivity index (χ4v) is 1.87. The average Bonchev–Trinajstić information content (AvgIpc) is 2.28. The molecule has 1 heterocycles. The van der Waals surface area contributed by atoms with E-state index in [0.29, 0.717) is 6.54 Å². The van der Waals surface area contributed by atoms with Crippen LogP contribution in [0.1, 0.15) is 20.8 Å². The van der Waals surface area contributed by atoms with Gasteiger partial charge in [-0.2, -0.15) is 5.26 Å². The minimum absolute atomic E-state index is 0.0419. The normalized spacial score (nSPS) is 19.9. The fraction of sp³-hybridized carbons (Fsp3) is 0.833. The van der Waals surface area contributed by atoms with Crippen LogP contribution in [0.4, 0.5) is 0 Å². The van der Waals surface area contributed by atoms with Crippen LogP contribution in [0.3, 0.4) is 0 Å². The van der Waals surface area contributed by atoms with E-state index in [4.69, 9.17) is 10.00 Å². The van der Waals surface area contributed by atoms with Gasteiger partial charge in [-0.05, 0) is 20.8 Å². The maximum absolute atomic E-state index is 11.5. The van der Waals surface area contributed by atoms with E-state index in [2.05, 4.69) is 15.9 Å². The first kappa shape index (κ1) is 13.9. The first-order chi connectivity index (χ1) is 8.02. The molecule has 1 saturated heterocycles. The predicted octanol–water partition coefficient (Wildman–Crippen LogP) is 0.468. The van der Waals surface area contributed by atoms with Crippen molar-refractivity contribution in [1.29, 1.82) is 5.26 Å². The minimum atomic E-state index is -0.165. The molecule has 0 aromatic heterocycles. The summed E-state index contributed by atoms with van der Waals surface area (Å²) in [6.45, 7) is 9.27. The highest BCUT2D eigenvalue weighted by Gasteiger charge is 2.22. The van der Waals surface area contributed by atoms with Gasteiger partial charge in [0.05, 0.1) is 24.8 Å². The third-order valence-electron chi connectivity index (χ3n) is 2.86. The molecule has 1 unspecified atom stereocenters. The largest absolute Gasteiger partial charge is 0.462 e. The van der Waals surface area contributed by atoms with Crippen LogP contribution in [0.15, 0.2) is 0 Å². The zero-order chi connectivity index (χ0) is 12.8. The van der Waals surface area contributed by atoms with E-state index in [1.165, 1.54) is 0 Å². The summed E-state index contributed by atoms with van der Waals surface area (Å²) in [4.78, 5) is 15.7. The first-order valence-corrected chi connectivity index (χ1v) is 6.08. The number of esters is 1. The van der Waals surface area contributed by atoms with Crippen molar-refractivity contribution < 1.29 is 9.53 Å². The molecule has 5 nitrogen and oxygen atoms in total. The molecule has 0 aliphatic carbocycles. The van der Waals surface area contributed by atoms with E-state index in [1.54, 1.807) is 0 Å². The number of carbonyl (C=O) groups is 1. The minimum Gasteiger partial charge on any atom is -0.462 e. The zero-order valence-electron chi connectivity index (χ0n) is 10.8. The summed E-state index contributed by atoms with van der Waals surface area (Å²) < 4.78 is 5.10. The van der Waals surface area contributed by atoms with E-state index in [9.17, 15) is 4.79 Å². The van der Waals surface area contributed by atoms with Gasteiger partial charge in [-0.1, -0.05) is 0 Å². The van der Waals surface area contributed by atoms with Gasteiger partial charge in [0, 0.05) is 26.2 Å². The quantitative estimate of drug-likeness (QED) is 0.667. The number of ether oxygens (including phenoxy) is 1. The number of hydrogen-bond acceptors (Lipinski definition) is 5. The number of nitriles is 1. The lowest BCUT2D eigenvalue weighted by atomic mass is 10.2. The summed E-state index contributed by atoms with van der Waals surface area (Å²) in [6.07, 6.45) is -0.0533. The van der Waals surface area contributed by atoms with Gasteiger partial charge in [-0.3, -0.25) is 14.6 Å². The predicted molar refractivity (Wildman–Crippen MR) is 64.3 cm³/mol. The van der Waals surface area contributed by atoms with Crippen molar-refractivity contribution in [3.8, 4) is 6.07 Å². The Labute approximate surface area is 103 Å². The molecule has 0 N–H and O–H groups in total. The Bertz CT molecular complexity index is 291. The topological polar surface area (TPSA) is 56.6 Å². The molecule has 17 heavy (non-hydrogen) atoms. The highest BCUT2D eigenvalue weighted by Crippen LogP contribution is 2.06. The van der Waals surface area contributed by atoms with Crippen LogP contribution in [0.2, 0.25) is 0 Å². The lowest BCUT2D eigenvalue weighted by molar-refractivity contribution is -0.149. The van der Waals surface area contributed by atoms with Crippen LogP contribution in [0.25, 0.3) is 0 Å². The number of hydrogen-bond donors (Lipinski definition) is 0. The van der Waals surface area contributed by atoms with Gasteiger partial charge in [-0.25, -0.2) is 0 Å². The second kappa shape index (κ2) is 6.58. The van der Waals surface area contributed by atoms with Crippen molar-refractivity contribution in [2.75, 3.05) is 32.7 Å². The Morgan fingerprint density at radius 1 is 1.29 bits per heavy atom. The van der Waals surface area contributed by atoms with E-state index in [-0.39, 0.29) is 18.1 Å². The molecule has 1 aliphatic rings. The van der Waals surface area contributed by atoms with Crippen molar-refractivity contribution in [3.05, 3.63) is 0 Å². The third kappa shape index (κ3) is 4.72. The first-order valence-electron chi connectivity index (χ1n) is 6.08. The summed E-state index contributed by atoms with van der Waals surface area (Å²) >= 11 is 0. The molecule has 96 valence electrons. The van der Waals surface area contributed by atoms with Crippen molar-refractivity contribution in [1.82, 2.24) is 9.80 Å². The van der Waals surface area contributed by atoms with Crippen molar-refractivity contribution in [2.24, 2.45) is 0 Å². The molecule has 1 rings (SSSR count). The number of piperazine rings is 1. The van der Waals surface area contributed by atoms with Crippen LogP contribution < -0.4 is 0 Å². The second-order valence-corrected chi connectivity index (χ2v) is 4.66. The van der Waals surface area contributed by atoms with Gasteiger partial charge in [0.25, 0.3) is 0 Å². The Balaban J connectivity index is 2.28. The summed E-state index contributed by atoms with van der Waals surface area (Å²) in [5.41, 5.74) is 0. The van der Waals surface area contributed by atoms with Gasteiger partial charge in [-0.15, -0.1) is 0 Å². The molecule has 0 spiro atoms. The number of rotatable bonds is 4. The Morgan fingerprint density at radius 2 is 1.88 bits per heavy atom. The molecule has 5 heteroatoms. The van der Waals surface area contributed by atoms with E-state index >= 15 is 0 Å². The molecule has 1 aliphatic heterocycles. The molecule has 1 atom stereocenters. The highest BCUT2D eigenvalue weighted by atomic mass is 16.5. The molecule has 0 saturated carbocycles. The maximum atomic E-state index is 11.5. The van der Waals surface area contributed by atoms with Crippen LogP contribution in [0.5, 0.6) is 0 Å². The average molecular weight is 239 g/mol. The maximum Gasteiger partial charge on any atom is 0.320 e. The van der Waals surface area contributed by atoms with Gasteiger partial charge in [0.15, 0.2) is 0 Å². The number of carbonyl (C=O) groups excluding carboxylic acids is 1. The summed E-state index contributed by atoms with van der Waals surface area (Å²) in [6, 6.07) is 2.19. The third-order valence-corrected chi connectivity index (χ3v) is 2.86. The molecule has 0 radical (unpaired) electrons. The van der Waals surface area contributed by atoms with Gasteiger partial charge >= 0.3 is 5.97 Å².